The average molecular weight is 771 g/mol. The van der Waals surface area contributed by atoms with Gasteiger partial charge in [-0.15, -0.1) is 11.3 Å². The monoisotopic (exact) mass is 769 g/mol. The minimum atomic E-state index is -1.34. The van der Waals surface area contributed by atoms with Crippen LogP contribution in [-0.4, -0.2) is 165 Å². The van der Waals surface area contributed by atoms with Crippen molar-refractivity contribution in [1.29, 1.82) is 0 Å². The third kappa shape index (κ3) is 14.3. The summed E-state index contributed by atoms with van der Waals surface area (Å²) in [6, 6.07) is 11.2. The van der Waals surface area contributed by atoms with Crippen molar-refractivity contribution in [3.8, 4) is 0 Å². The Balaban J connectivity index is 0.00000867. The van der Waals surface area contributed by atoms with Crippen LogP contribution in [0.1, 0.15) is 45.8 Å². The fourth-order valence-corrected chi connectivity index (χ4v) is 6.60. The Kier molecular flexibility index (Phi) is 18.4. The summed E-state index contributed by atoms with van der Waals surface area (Å²) in [5.41, 5.74) is 0.552. The van der Waals surface area contributed by atoms with Gasteiger partial charge in [0.05, 0.1) is 28.7 Å². The van der Waals surface area contributed by atoms with E-state index in [1.54, 1.807) is 48.2 Å². The summed E-state index contributed by atoms with van der Waals surface area (Å²) < 4.78 is 0. The van der Waals surface area contributed by atoms with Gasteiger partial charge in [-0.25, -0.2) is 0 Å². The maximum Gasteiger partial charge on any atom is 3.00 e. The minimum absolute atomic E-state index is 0. The standard InChI is InChI=1S/C33H45N5O10S.Ga/c1-23(26-9-10-27(49-26)31(45)24-6-3-2-4-7-24)32(46)34-11-5-8-25(33(47)48)38-18-16-36(21-29(41)42)14-12-35(20-28(39)40)13-15-37(17-19-38)22-30(43)44;/h2-4,6-7,9-10,23,25H,5,8,11-22H2,1H3,(H,34,46)(H,39,40)(H,41,42)(H,43,44)(H,47,48);/q;+3/p-3. The number of rotatable bonds is 16. The number of ketones is 1. The van der Waals surface area contributed by atoms with E-state index in [4.69, 9.17) is 0 Å². The molecule has 1 fully saturated rings. The van der Waals surface area contributed by atoms with Crippen LogP contribution in [0.5, 0.6) is 0 Å². The molecule has 2 aromatic rings. The van der Waals surface area contributed by atoms with E-state index in [1.165, 1.54) is 26.0 Å². The van der Waals surface area contributed by atoms with Crippen molar-refractivity contribution in [2.75, 3.05) is 78.5 Å². The Bertz CT molecular complexity index is 1410. The Morgan fingerprint density at radius 3 is 1.70 bits per heavy atom. The summed E-state index contributed by atoms with van der Waals surface area (Å²) in [6.45, 7) is 1.67. The SMILES string of the molecule is CC(C(=O)NCCCC(C(=O)O)N1CCN(CC(=O)[O-])CCN(CC(=O)[O-])CCN(CC(=O)[O-])CC1)c1ccc(C(=O)c2ccccc2)s1.[Ga+3]. The summed E-state index contributed by atoms with van der Waals surface area (Å²) in [7, 11) is 0. The number of carbonyl (C=O) groups is 6. The van der Waals surface area contributed by atoms with E-state index >= 15 is 0 Å². The van der Waals surface area contributed by atoms with Crippen LogP contribution in [0, 0.1) is 0 Å². The van der Waals surface area contributed by atoms with Crippen LogP contribution in [0.15, 0.2) is 42.5 Å². The van der Waals surface area contributed by atoms with E-state index in [1.807, 2.05) is 6.07 Å². The van der Waals surface area contributed by atoms with Gasteiger partial charge in [-0.05, 0) is 31.9 Å². The molecule has 2 atom stereocenters. The number of nitrogens with one attached hydrogen (secondary N) is 1. The molecular formula is C33H42GaN5O10S. The molecule has 2 unspecified atom stereocenters. The summed E-state index contributed by atoms with van der Waals surface area (Å²) >= 11 is 1.24. The molecule has 1 aromatic heterocycles. The van der Waals surface area contributed by atoms with Crippen LogP contribution in [0.2, 0.25) is 0 Å². The molecule has 1 aliphatic heterocycles. The largest absolute Gasteiger partial charge is 3.00 e. The molecular weight excluding hydrogens is 728 g/mol. The molecule has 50 heavy (non-hydrogen) atoms. The van der Waals surface area contributed by atoms with Gasteiger partial charge in [0.2, 0.25) is 11.7 Å². The smallest absolute Gasteiger partial charge is 0.549 e. The number of benzene rings is 1. The van der Waals surface area contributed by atoms with Gasteiger partial charge in [-0.2, -0.15) is 0 Å². The van der Waals surface area contributed by atoms with E-state index in [0.29, 0.717) is 21.7 Å². The van der Waals surface area contributed by atoms with Gasteiger partial charge in [-0.3, -0.25) is 34.0 Å². The topological polar surface area (TPSA) is 217 Å². The summed E-state index contributed by atoms with van der Waals surface area (Å²) in [5.74, 6) is -6.09. The Morgan fingerprint density at radius 2 is 1.24 bits per heavy atom. The molecule has 1 aromatic carbocycles. The van der Waals surface area contributed by atoms with Crippen molar-refractivity contribution in [2.24, 2.45) is 0 Å². The van der Waals surface area contributed by atoms with Crippen LogP contribution in [-0.2, 0) is 24.0 Å². The first-order valence-corrected chi connectivity index (χ1v) is 16.9. The molecule has 3 rings (SSSR count). The summed E-state index contributed by atoms with van der Waals surface area (Å²) in [5, 5.41) is 47.1. The molecule has 268 valence electrons. The Labute approximate surface area is 307 Å². The number of carboxylic acids is 4. The van der Waals surface area contributed by atoms with Gasteiger partial charge < -0.3 is 40.1 Å². The first-order chi connectivity index (χ1) is 23.3. The number of amides is 1. The maximum absolute atomic E-state index is 12.9. The first kappa shape index (κ1) is 42.6. The van der Waals surface area contributed by atoms with Crippen molar-refractivity contribution in [2.45, 2.75) is 31.7 Å². The predicted octanol–water partition coefficient (Wildman–Crippen LogP) is -3.48. The number of hydrogen-bond acceptors (Lipinski definition) is 14. The number of hydrogen-bond donors (Lipinski definition) is 2. The van der Waals surface area contributed by atoms with Gasteiger partial charge >= 0.3 is 25.8 Å². The number of carboxylic acid groups (broad SMARTS) is 4. The molecule has 0 radical (unpaired) electrons. The van der Waals surface area contributed by atoms with Crippen molar-refractivity contribution in [3.05, 3.63) is 57.8 Å². The van der Waals surface area contributed by atoms with Crippen LogP contribution in [0.4, 0.5) is 0 Å². The Hall–Kier alpha value is -3.58. The molecule has 0 saturated carbocycles. The van der Waals surface area contributed by atoms with Crippen molar-refractivity contribution < 1.29 is 49.2 Å². The zero-order chi connectivity index (χ0) is 35.9. The van der Waals surface area contributed by atoms with Gasteiger partial charge in [0.25, 0.3) is 0 Å². The number of thiophene rings is 1. The third-order valence-electron chi connectivity index (χ3n) is 8.32. The molecule has 2 heterocycles. The molecule has 17 heteroatoms. The number of carbonyl (C=O) groups excluding carboxylic acids is 5. The molecule has 0 bridgehead atoms. The zero-order valence-corrected chi connectivity index (χ0v) is 31.2. The van der Waals surface area contributed by atoms with Crippen molar-refractivity contribution >= 4 is 66.7 Å². The second-order valence-corrected chi connectivity index (χ2v) is 13.0. The molecule has 1 amide bonds. The summed E-state index contributed by atoms with van der Waals surface area (Å²) in [6.07, 6.45) is 0.441. The second kappa shape index (κ2) is 21.6. The molecule has 1 aliphatic rings. The van der Waals surface area contributed by atoms with Crippen LogP contribution in [0.3, 0.4) is 0 Å². The number of aliphatic carboxylic acids is 4. The van der Waals surface area contributed by atoms with E-state index in [0.717, 1.165) is 0 Å². The maximum atomic E-state index is 12.9. The summed E-state index contributed by atoms with van der Waals surface area (Å²) in [4.78, 5) is 79.8. The first-order valence-electron chi connectivity index (χ1n) is 16.0. The fourth-order valence-electron chi connectivity index (χ4n) is 5.58. The van der Waals surface area contributed by atoms with Gasteiger partial charge in [0.1, 0.15) is 6.04 Å². The number of nitrogens with zero attached hydrogens (tertiary/aromatic N) is 4. The normalized spacial score (nSPS) is 16.9. The van der Waals surface area contributed by atoms with Crippen molar-refractivity contribution in [1.82, 2.24) is 24.9 Å². The van der Waals surface area contributed by atoms with Gasteiger partial charge in [0, 0.05) is 89.0 Å². The molecule has 15 nitrogen and oxygen atoms in total. The van der Waals surface area contributed by atoms with E-state index in [2.05, 4.69) is 5.32 Å². The van der Waals surface area contributed by atoms with Gasteiger partial charge in [-0.1, -0.05) is 30.3 Å². The second-order valence-electron chi connectivity index (χ2n) is 11.9. The van der Waals surface area contributed by atoms with E-state index < -0.39 is 55.5 Å². The zero-order valence-electron chi connectivity index (χ0n) is 28.0. The minimum Gasteiger partial charge on any atom is -0.549 e. The van der Waals surface area contributed by atoms with E-state index in [9.17, 15) is 49.2 Å². The molecule has 1 saturated heterocycles. The van der Waals surface area contributed by atoms with Crippen LogP contribution < -0.4 is 20.6 Å². The molecule has 0 aliphatic carbocycles. The Morgan fingerprint density at radius 1 is 0.760 bits per heavy atom. The van der Waals surface area contributed by atoms with E-state index in [-0.39, 0.29) is 96.8 Å². The fraction of sp³-hybridized carbons (Fsp3) is 0.515. The third-order valence-corrected chi connectivity index (χ3v) is 9.58. The quantitative estimate of drug-likeness (QED) is 0.0964. The van der Waals surface area contributed by atoms with Crippen molar-refractivity contribution in [3.63, 3.8) is 0 Å². The van der Waals surface area contributed by atoms with Crippen LogP contribution >= 0.6 is 11.3 Å². The molecule has 2 N–H and O–H groups in total. The van der Waals surface area contributed by atoms with Crippen LogP contribution in [0.25, 0.3) is 0 Å². The average Bonchev–Trinajstić information content (AvgIpc) is 3.54. The van der Waals surface area contributed by atoms with Gasteiger partial charge in [0.15, 0.2) is 0 Å². The molecule has 0 spiro atoms. The predicted molar refractivity (Wildman–Crippen MR) is 178 cm³/mol.